The van der Waals surface area contributed by atoms with Crippen LogP contribution in [0.4, 0.5) is 0 Å². The Morgan fingerprint density at radius 1 is 1.25 bits per heavy atom. The molecule has 3 heterocycles. The zero-order valence-electron chi connectivity index (χ0n) is 15.3. The van der Waals surface area contributed by atoms with Crippen LogP contribution < -0.4 is 0 Å². The molecule has 3 rings (SSSR count). The van der Waals surface area contributed by atoms with Gasteiger partial charge in [-0.2, -0.15) is 10.2 Å². The second-order valence-corrected chi connectivity index (χ2v) is 6.96. The van der Waals surface area contributed by atoms with Gasteiger partial charge in [0.15, 0.2) is 0 Å². The van der Waals surface area contributed by atoms with Crippen molar-refractivity contribution in [2.45, 2.75) is 53.0 Å². The summed E-state index contributed by atoms with van der Waals surface area (Å²) in [7, 11) is 1.93. The molecule has 0 saturated carbocycles. The maximum absolute atomic E-state index is 12.8. The number of likely N-dealkylation sites (tertiary alicyclic amines) is 1. The topological polar surface area (TPSA) is 56.0 Å². The van der Waals surface area contributed by atoms with Gasteiger partial charge in [0, 0.05) is 37.1 Å². The molecule has 130 valence electrons. The SMILES string of the molecule is Cc1cc(C)n([C@H]2CCCN(C(=O)Cc3c(C)nn(C)c3C)C2)n1. The first-order chi connectivity index (χ1) is 11.4. The normalized spacial score (nSPS) is 18.2. The maximum Gasteiger partial charge on any atom is 0.227 e. The molecule has 1 fully saturated rings. The third-order valence-electron chi connectivity index (χ3n) is 5.13. The van der Waals surface area contributed by atoms with Crippen LogP contribution in [0.1, 0.15) is 47.2 Å². The fraction of sp³-hybridized carbons (Fsp3) is 0.611. The van der Waals surface area contributed by atoms with Gasteiger partial charge in [-0.25, -0.2) is 0 Å². The molecule has 1 aliphatic rings. The predicted molar refractivity (Wildman–Crippen MR) is 92.9 cm³/mol. The van der Waals surface area contributed by atoms with Crippen molar-refractivity contribution in [1.82, 2.24) is 24.5 Å². The molecule has 0 aromatic carbocycles. The van der Waals surface area contributed by atoms with Crippen LogP contribution in [0.3, 0.4) is 0 Å². The number of hydrogen-bond donors (Lipinski definition) is 0. The Kier molecular flexibility index (Phi) is 4.47. The number of amides is 1. The molecule has 6 heteroatoms. The highest BCUT2D eigenvalue weighted by Crippen LogP contribution is 2.24. The monoisotopic (exact) mass is 329 g/mol. The van der Waals surface area contributed by atoms with Crippen molar-refractivity contribution in [3.8, 4) is 0 Å². The fourth-order valence-corrected chi connectivity index (χ4v) is 3.73. The molecule has 1 saturated heterocycles. The molecule has 1 atom stereocenters. The Hall–Kier alpha value is -2.11. The lowest BCUT2D eigenvalue weighted by atomic mass is 10.0. The van der Waals surface area contributed by atoms with Crippen molar-refractivity contribution >= 4 is 5.91 Å². The molecule has 2 aromatic heterocycles. The summed E-state index contributed by atoms with van der Waals surface area (Å²) in [6, 6.07) is 2.39. The van der Waals surface area contributed by atoms with E-state index >= 15 is 0 Å². The summed E-state index contributed by atoms with van der Waals surface area (Å²) in [5, 5.41) is 9.03. The van der Waals surface area contributed by atoms with E-state index in [1.165, 1.54) is 5.69 Å². The Morgan fingerprint density at radius 2 is 2.00 bits per heavy atom. The lowest BCUT2D eigenvalue weighted by molar-refractivity contribution is -0.132. The molecule has 2 aromatic rings. The number of carbonyl (C=O) groups is 1. The van der Waals surface area contributed by atoms with Crippen molar-refractivity contribution in [2.75, 3.05) is 13.1 Å². The van der Waals surface area contributed by atoms with E-state index in [1.54, 1.807) is 0 Å². The summed E-state index contributed by atoms with van der Waals surface area (Å²) < 4.78 is 3.95. The molecule has 0 spiro atoms. The van der Waals surface area contributed by atoms with E-state index in [0.29, 0.717) is 6.42 Å². The summed E-state index contributed by atoms with van der Waals surface area (Å²) >= 11 is 0. The Bertz CT molecular complexity index is 758. The van der Waals surface area contributed by atoms with Crippen LogP contribution >= 0.6 is 0 Å². The molecule has 1 aliphatic heterocycles. The van der Waals surface area contributed by atoms with E-state index in [4.69, 9.17) is 0 Å². The molecule has 0 unspecified atom stereocenters. The minimum atomic E-state index is 0.195. The quantitative estimate of drug-likeness (QED) is 0.868. The van der Waals surface area contributed by atoms with E-state index in [0.717, 1.165) is 48.6 Å². The highest BCUT2D eigenvalue weighted by molar-refractivity contribution is 5.79. The third kappa shape index (κ3) is 3.09. The Labute approximate surface area is 143 Å². The van der Waals surface area contributed by atoms with Crippen LogP contribution in [0.15, 0.2) is 6.07 Å². The molecule has 24 heavy (non-hydrogen) atoms. The predicted octanol–water partition coefficient (Wildman–Crippen LogP) is 2.26. The van der Waals surface area contributed by atoms with Gasteiger partial charge in [0.2, 0.25) is 5.91 Å². The molecule has 0 N–H and O–H groups in total. The maximum atomic E-state index is 12.8. The highest BCUT2D eigenvalue weighted by atomic mass is 16.2. The summed E-state index contributed by atoms with van der Waals surface area (Å²) in [5.41, 5.74) is 5.31. The van der Waals surface area contributed by atoms with Gasteiger partial charge in [-0.15, -0.1) is 0 Å². The van der Waals surface area contributed by atoms with Crippen LogP contribution in [-0.2, 0) is 18.3 Å². The van der Waals surface area contributed by atoms with Gasteiger partial charge in [0.1, 0.15) is 0 Å². The van der Waals surface area contributed by atoms with E-state index in [2.05, 4.69) is 27.9 Å². The number of nitrogens with zero attached hydrogens (tertiary/aromatic N) is 5. The third-order valence-corrected chi connectivity index (χ3v) is 5.13. The molecular weight excluding hydrogens is 302 g/mol. The highest BCUT2D eigenvalue weighted by Gasteiger charge is 2.27. The zero-order valence-corrected chi connectivity index (χ0v) is 15.3. The van der Waals surface area contributed by atoms with Crippen LogP contribution in [-0.4, -0.2) is 43.5 Å². The lowest BCUT2D eigenvalue weighted by Gasteiger charge is -2.33. The number of aryl methyl sites for hydroxylation is 4. The molecular formula is C18H27N5O. The Morgan fingerprint density at radius 3 is 2.58 bits per heavy atom. The standard InChI is InChI=1S/C18H27N5O/c1-12-9-13(2)23(19-12)16-7-6-8-22(11-16)18(24)10-17-14(3)20-21(5)15(17)4/h9,16H,6-8,10-11H2,1-5H3/t16-/m0/s1. The number of carbonyl (C=O) groups excluding carboxylic acids is 1. The van der Waals surface area contributed by atoms with Crippen molar-refractivity contribution in [3.63, 3.8) is 0 Å². The first-order valence-corrected chi connectivity index (χ1v) is 8.66. The van der Waals surface area contributed by atoms with Gasteiger partial charge in [-0.1, -0.05) is 0 Å². The summed E-state index contributed by atoms with van der Waals surface area (Å²) in [4.78, 5) is 14.8. The number of hydrogen-bond acceptors (Lipinski definition) is 3. The molecule has 1 amide bonds. The van der Waals surface area contributed by atoms with Crippen molar-refractivity contribution < 1.29 is 4.79 Å². The molecule has 0 aliphatic carbocycles. The van der Waals surface area contributed by atoms with Gasteiger partial charge < -0.3 is 4.90 Å². The Balaban J connectivity index is 1.72. The summed E-state index contributed by atoms with van der Waals surface area (Å²) in [6.45, 7) is 9.69. The summed E-state index contributed by atoms with van der Waals surface area (Å²) in [5.74, 6) is 0.195. The second-order valence-electron chi connectivity index (χ2n) is 6.96. The van der Waals surface area contributed by atoms with Crippen LogP contribution in [0, 0.1) is 27.7 Å². The largest absolute Gasteiger partial charge is 0.340 e. The van der Waals surface area contributed by atoms with Gasteiger partial charge in [-0.05, 0) is 46.6 Å². The first-order valence-electron chi connectivity index (χ1n) is 8.66. The fourth-order valence-electron chi connectivity index (χ4n) is 3.73. The van der Waals surface area contributed by atoms with Crippen molar-refractivity contribution in [2.24, 2.45) is 7.05 Å². The van der Waals surface area contributed by atoms with Gasteiger partial charge >= 0.3 is 0 Å². The van der Waals surface area contributed by atoms with Crippen molar-refractivity contribution in [3.05, 3.63) is 34.4 Å². The average molecular weight is 329 g/mol. The van der Waals surface area contributed by atoms with Gasteiger partial charge in [0.25, 0.3) is 0 Å². The smallest absolute Gasteiger partial charge is 0.227 e. The molecule has 0 bridgehead atoms. The zero-order chi connectivity index (χ0) is 17.4. The van der Waals surface area contributed by atoms with Crippen LogP contribution in [0.5, 0.6) is 0 Å². The number of piperidine rings is 1. The second kappa shape index (κ2) is 6.42. The summed E-state index contributed by atoms with van der Waals surface area (Å²) in [6.07, 6.45) is 2.55. The van der Waals surface area contributed by atoms with Gasteiger partial charge in [-0.3, -0.25) is 14.2 Å². The average Bonchev–Trinajstić information content (AvgIpc) is 3.00. The molecule has 6 nitrogen and oxygen atoms in total. The minimum Gasteiger partial charge on any atom is -0.340 e. The van der Waals surface area contributed by atoms with E-state index in [9.17, 15) is 4.79 Å². The van der Waals surface area contributed by atoms with Crippen LogP contribution in [0.25, 0.3) is 0 Å². The minimum absolute atomic E-state index is 0.195. The number of rotatable bonds is 3. The van der Waals surface area contributed by atoms with Gasteiger partial charge in [0.05, 0.1) is 23.9 Å². The van der Waals surface area contributed by atoms with E-state index in [1.807, 2.05) is 37.4 Å². The van der Waals surface area contributed by atoms with E-state index < -0.39 is 0 Å². The number of aromatic nitrogens is 4. The molecule has 0 radical (unpaired) electrons. The first kappa shape index (κ1) is 16.7. The van der Waals surface area contributed by atoms with E-state index in [-0.39, 0.29) is 11.9 Å². The lowest BCUT2D eigenvalue weighted by Crippen LogP contribution is -2.42. The van der Waals surface area contributed by atoms with Crippen LogP contribution in [0.2, 0.25) is 0 Å². The van der Waals surface area contributed by atoms with Crippen molar-refractivity contribution in [1.29, 1.82) is 0 Å².